The van der Waals surface area contributed by atoms with E-state index in [1.807, 2.05) is 22.6 Å². The third-order valence-corrected chi connectivity index (χ3v) is 2.71. The van der Waals surface area contributed by atoms with Crippen molar-refractivity contribution in [2.45, 2.75) is 0 Å². The van der Waals surface area contributed by atoms with Crippen molar-refractivity contribution < 1.29 is 9.90 Å². The number of aromatic carboxylic acids is 1. The number of aromatic nitrogens is 1. The van der Waals surface area contributed by atoms with Crippen LogP contribution < -0.4 is 0 Å². The molecule has 0 bridgehead atoms. The second kappa shape index (κ2) is 3.02. The van der Waals surface area contributed by atoms with E-state index < -0.39 is 5.97 Å². The van der Waals surface area contributed by atoms with Crippen LogP contribution in [0.3, 0.4) is 0 Å². The van der Waals surface area contributed by atoms with E-state index in [1.165, 1.54) is 0 Å². The van der Waals surface area contributed by atoms with Gasteiger partial charge in [0.25, 0.3) is 0 Å². The SMILES string of the molecule is O=C(O)c1nc(I)sc1Cl. The number of halogens is 2. The first-order valence-electron chi connectivity index (χ1n) is 2.16. The van der Waals surface area contributed by atoms with Crippen molar-refractivity contribution in [3.8, 4) is 0 Å². The van der Waals surface area contributed by atoms with Crippen molar-refractivity contribution in [3.05, 3.63) is 13.0 Å². The summed E-state index contributed by atoms with van der Waals surface area (Å²) in [6.45, 7) is 0. The van der Waals surface area contributed by atoms with Crippen molar-refractivity contribution in [1.29, 1.82) is 0 Å². The molecule has 0 fully saturated rings. The Labute approximate surface area is 79.2 Å². The predicted molar refractivity (Wildman–Crippen MR) is 46.8 cm³/mol. The van der Waals surface area contributed by atoms with Gasteiger partial charge in [0.15, 0.2) is 8.71 Å². The molecule has 1 heterocycles. The highest BCUT2D eigenvalue weighted by Gasteiger charge is 2.13. The number of thiazole rings is 1. The van der Waals surface area contributed by atoms with Crippen LogP contribution >= 0.6 is 45.5 Å². The zero-order valence-corrected chi connectivity index (χ0v) is 8.20. The molecule has 0 atom stereocenters. The standard InChI is InChI=1S/C4HClINO2S/c5-2-1(3(8)9)7-4(6)10-2/h(H,8,9). The quantitative estimate of drug-likeness (QED) is 0.806. The van der Waals surface area contributed by atoms with Crippen molar-refractivity contribution >= 4 is 51.5 Å². The van der Waals surface area contributed by atoms with Crippen molar-refractivity contribution in [3.63, 3.8) is 0 Å². The third-order valence-electron chi connectivity index (χ3n) is 0.762. The van der Waals surface area contributed by atoms with Crippen LogP contribution in [0.5, 0.6) is 0 Å². The molecule has 0 aromatic carbocycles. The minimum absolute atomic E-state index is 0.0592. The Morgan fingerprint density at radius 3 is 2.60 bits per heavy atom. The molecule has 0 radical (unpaired) electrons. The lowest BCUT2D eigenvalue weighted by Crippen LogP contribution is -1.96. The molecule has 10 heavy (non-hydrogen) atoms. The lowest BCUT2D eigenvalue weighted by atomic mass is 10.5. The fourth-order valence-corrected chi connectivity index (χ4v) is 2.56. The maximum Gasteiger partial charge on any atom is 0.357 e. The predicted octanol–water partition coefficient (Wildman–Crippen LogP) is 2.10. The summed E-state index contributed by atoms with van der Waals surface area (Å²) in [6.07, 6.45) is 0. The van der Waals surface area contributed by atoms with Gasteiger partial charge in [-0.2, -0.15) is 0 Å². The normalized spacial score (nSPS) is 9.80. The van der Waals surface area contributed by atoms with Crippen molar-refractivity contribution in [2.24, 2.45) is 0 Å². The van der Waals surface area contributed by atoms with Gasteiger partial charge in [0.1, 0.15) is 4.34 Å². The molecule has 0 saturated carbocycles. The maximum absolute atomic E-state index is 10.3. The Hall–Kier alpha value is 0.120. The molecule has 0 spiro atoms. The first-order chi connectivity index (χ1) is 4.61. The number of hydrogen-bond acceptors (Lipinski definition) is 3. The number of rotatable bonds is 1. The maximum atomic E-state index is 10.3. The summed E-state index contributed by atoms with van der Waals surface area (Å²) >= 11 is 8.59. The van der Waals surface area contributed by atoms with Crippen LogP contribution in [-0.2, 0) is 0 Å². The number of nitrogens with zero attached hydrogens (tertiary/aromatic N) is 1. The minimum Gasteiger partial charge on any atom is -0.476 e. The van der Waals surface area contributed by atoms with E-state index in [0.29, 0.717) is 3.01 Å². The Morgan fingerprint density at radius 2 is 2.40 bits per heavy atom. The van der Waals surface area contributed by atoms with Gasteiger partial charge >= 0.3 is 5.97 Å². The molecule has 1 rings (SSSR count). The van der Waals surface area contributed by atoms with E-state index in [-0.39, 0.29) is 10.0 Å². The Bertz CT molecular complexity index is 274. The average Bonchev–Trinajstić information content (AvgIpc) is 2.10. The molecule has 1 aromatic rings. The van der Waals surface area contributed by atoms with E-state index in [2.05, 4.69) is 4.98 Å². The van der Waals surface area contributed by atoms with E-state index in [9.17, 15) is 4.79 Å². The Kier molecular flexibility index (Phi) is 2.48. The fraction of sp³-hybridized carbons (Fsp3) is 0. The van der Waals surface area contributed by atoms with Crippen LogP contribution in [0.25, 0.3) is 0 Å². The van der Waals surface area contributed by atoms with E-state index in [1.54, 1.807) is 0 Å². The highest BCUT2D eigenvalue weighted by molar-refractivity contribution is 14.1. The first kappa shape index (κ1) is 8.22. The molecular weight excluding hydrogens is 288 g/mol. The van der Waals surface area contributed by atoms with Crippen LogP contribution in [0.1, 0.15) is 10.5 Å². The average molecular weight is 289 g/mol. The monoisotopic (exact) mass is 289 g/mol. The van der Waals surface area contributed by atoms with Crippen molar-refractivity contribution in [1.82, 2.24) is 4.98 Å². The summed E-state index contributed by atoms with van der Waals surface area (Å²) in [7, 11) is 0. The summed E-state index contributed by atoms with van der Waals surface area (Å²) in [5.74, 6) is -1.08. The summed E-state index contributed by atoms with van der Waals surface area (Å²) < 4.78 is 0.872. The van der Waals surface area contributed by atoms with Gasteiger partial charge in [-0.15, -0.1) is 0 Å². The molecule has 54 valence electrons. The lowest BCUT2D eigenvalue weighted by molar-refractivity contribution is 0.0691. The summed E-state index contributed by atoms with van der Waals surface area (Å²) in [6, 6.07) is 0. The molecular formula is C4HClINO2S. The summed E-state index contributed by atoms with van der Waals surface area (Å²) in [5, 5.41) is 8.44. The first-order valence-corrected chi connectivity index (χ1v) is 4.43. The van der Waals surface area contributed by atoms with Crippen LogP contribution in [0.2, 0.25) is 4.34 Å². The topological polar surface area (TPSA) is 50.2 Å². The van der Waals surface area contributed by atoms with Gasteiger partial charge in [0.2, 0.25) is 0 Å². The molecule has 0 aliphatic rings. The highest BCUT2D eigenvalue weighted by atomic mass is 127. The van der Waals surface area contributed by atoms with Crippen LogP contribution in [0.15, 0.2) is 0 Å². The second-order valence-corrected chi connectivity index (χ2v) is 4.75. The number of carbonyl (C=O) groups is 1. The number of hydrogen-bond donors (Lipinski definition) is 1. The number of carboxylic acid groups (broad SMARTS) is 1. The third kappa shape index (κ3) is 1.58. The molecule has 1 aromatic heterocycles. The molecule has 0 saturated heterocycles. The van der Waals surface area contributed by atoms with Gasteiger partial charge in [0, 0.05) is 0 Å². The molecule has 3 nitrogen and oxygen atoms in total. The van der Waals surface area contributed by atoms with E-state index >= 15 is 0 Å². The molecule has 1 N–H and O–H groups in total. The smallest absolute Gasteiger partial charge is 0.357 e. The van der Waals surface area contributed by atoms with Gasteiger partial charge in [-0.05, 0) is 22.6 Å². The fourth-order valence-electron chi connectivity index (χ4n) is 0.409. The molecule has 0 unspecified atom stereocenters. The zero-order chi connectivity index (χ0) is 7.72. The Morgan fingerprint density at radius 1 is 1.80 bits per heavy atom. The lowest BCUT2D eigenvalue weighted by Gasteiger charge is -1.82. The zero-order valence-electron chi connectivity index (χ0n) is 4.47. The van der Waals surface area contributed by atoms with Crippen LogP contribution in [0, 0.1) is 3.01 Å². The second-order valence-electron chi connectivity index (χ2n) is 1.39. The van der Waals surface area contributed by atoms with Gasteiger partial charge < -0.3 is 5.11 Å². The molecule has 0 aliphatic carbocycles. The molecule has 0 amide bonds. The molecule has 6 heteroatoms. The van der Waals surface area contributed by atoms with Gasteiger partial charge in [-0.25, -0.2) is 9.78 Å². The van der Waals surface area contributed by atoms with Gasteiger partial charge in [-0.3, -0.25) is 0 Å². The van der Waals surface area contributed by atoms with E-state index in [4.69, 9.17) is 16.7 Å². The minimum atomic E-state index is -1.08. The highest BCUT2D eigenvalue weighted by Crippen LogP contribution is 2.24. The summed E-state index contributed by atoms with van der Waals surface area (Å²) in [5.41, 5.74) is -0.0592. The van der Waals surface area contributed by atoms with Crippen molar-refractivity contribution in [2.75, 3.05) is 0 Å². The van der Waals surface area contributed by atoms with Gasteiger partial charge in [-0.1, -0.05) is 22.9 Å². The largest absolute Gasteiger partial charge is 0.476 e. The van der Waals surface area contributed by atoms with Crippen LogP contribution in [-0.4, -0.2) is 16.1 Å². The summed E-state index contributed by atoms with van der Waals surface area (Å²) in [4.78, 5) is 14.0. The number of carboxylic acids is 1. The molecule has 0 aliphatic heterocycles. The van der Waals surface area contributed by atoms with Crippen LogP contribution in [0.4, 0.5) is 0 Å². The van der Waals surface area contributed by atoms with Gasteiger partial charge in [0.05, 0.1) is 0 Å². The van der Waals surface area contributed by atoms with E-state index in [0.717, 1.165) is 11.3 Å². The Balaban J connectivity index is 3.15.